The Bertz CT molecular complexity index is 2530. The Kier molecular flexibility index (Phi) is 10.4. The summed E-state index contributed by atoms with van der Waals surface area (Å²) >= 11 is 12.7. The molecule has 4 heterocycles. The highest BCUT2D eigenvalue weighted by Crippen LogP contribution is 2.66. The third kappa shape index (κ3) is 6.44. The van der Waals surface area contributed by atoms with Gasteiger partial charge in [-0.05, 0) is 66.8 Å². The quantitative estimate of drug-likeness (QED) is 0.137. The van der Waals surface area contributed by atoms with Gasteiger partial charge in [-0.25, -0.2) is 4.98 Å². The van der Waals surface area contributed by atoms with Crippen molar-refractivity contribution in [2.24, 2.45) is 23.7 Å². The van der Waals surface area contributed by atoms with E-state index in [2.05, 4.69) is 15.3 Å². The summed E-state index contributed by atoms with van der Waals surface area (Å²) in [5.74, 6) is -8.16. The van der Waals surface area contributed by atoms with E-state index in [1.165, 1.54) is 31.3 Å². The van der Waals surface area contributed by atoms with Crippen LogP contribution in [0.4, 0.5) is 30.4 Å². The van der Waals surface area contributed by atoms with Crippen molar-refractivity contribution in [3.63, 3.8) is 0 Å². The summed E-state index contributed by atoms with van der Waals surface area (Å²) in [7, 11) is 2.76. The van der Waals surface area contributed by atoms with Crippen LogP contribution in [0.5, 0.6) is 17.2 Å². The number of phenolic OH excluding ortho intramolecular Hbond substituents is 1. The Balaban J connectivity index is 1.20. The Morgan fingerprint density at radius 1 is 0.887 bits per heavy atom. The number of allylic oxidation sites excluding steroid dienone is 2. The molecule has 18 heteroatoms. The van der Waals surface area contributed by atoms with Crippen LogP contribution in [0, 0.1) is 23.7 Å². The van der Waals surface area contributed by atoms with Crippen molar-refractivity contribution in [1.82, 2.24) is 9.99 Å². The molecule has 1 aromatic heterocycles. The number of methoxy groups -OCH3 is 2. The van der Waals surface area contributed by atoms with Gasteiger partial charge in [-0.1, -0.05) is 47.0 Å². The Morgan fingerprint density at radius 3 is 2.23 bits per heavy atom. The normalized spacial score (nSPS) is 26.0. The number of hydrazine groups is 1. The molecule has 3 saturated heterocycles. The maximum atomic E-state index is 15.6. The van der Waals surface area contributed by atoms with Gasteiger partial charge >= 0.3 is 6.18 Å². The predicted molar refractivity (Wildman–Crippen MR) is 220 cm³/mol. The first-order valence-corrected chi connectivity index (χ1v) is 20.5. The number of hydrogen-bond acceptors (Lipinski definition) is 11. The van der Waals surface area contributed by atoms with Crippen molar-refractivity contribution < 1.29 is 51.7 Å². The van der Waals surface area contributed by atoms with Gasteiger partial charge in [0, 0.05) is 53.6 Å². The molecule has 0 unspecified atom stereocenters. The lowest BCUT2D eigenvalue weighted by atomic mass is 9.49. The number of hydrogen-bond donors (Lipinski definition) is 2. The lowest BCUT2D eigenvalue weighted by molar-refractivity contribution is -0.139. The number of nitrogens with one attached hydrogen (secondary N) is 1. The molecule has 0 radical (unpaired) electrons. The average Bonchev–Trinajstić information content (AvgIpc) is 3.64. The third-order valence-electron chi connectivity index (χ3n) is 12.9. The van der Waals surface area contributed by atoms with Crippen molar-refractivity contribution in [3.05, 3.63) is 111 Å². The van der Waals surface area contributed by atoms with Crippen LogP contribution in [0.1, 0.15) is 35.4 Å². The number of aromatic nitrogens is 1. The number of morpholine rings is 1. The van der Waals surface area contributed by atoms with Gasteiger partial charge in [0.25, 0.3) is 11.8 Å². The molecule has 4 aromatic rings. The Morgan fingerprint density at radius 2 is 1.58 bits per heavy atom. The number of alkyl halides is 3. The monoisotopic (exact) mass is 891 g/mol. The maximum absolute atomic E-state index is 15.6. The lowest BCUT2D eigenvalue weighted by Crippen LogP contribution is -2.53. The van der Waals surface area contributed by atoms with Crippen LogP contribution in [0.25, 0.3) is 0 Å². The van der Waals surface area contributed by atoms with Crippen molar-refractivity contribution in [2.45, 2.75) is 30.4 Å². The summed E-state index contributed by atoms with van der Waals surface area (Å²) in [6.45, 7) is 2.54. The largest absolute Gasteiger partial charge is 0.507 e. The summed E-state index contributed by atoms with van der Waals surface area (Å²) in [5.41, 5.74) is 1.76. The van der Waals surface area contributed by atoms with Gasteiger partial charge in [-0.3, -0.25) is 29.5 Å². The molecule has 4 fully saturated rings. The van der Waals surface area contributed by atoms with E-state index >= 15 is 9.59 Å². The summed E-state index contributed by atoms with van der Waals surface area (Å²) in [6.07, 6.45) is -2.47. The van der Waals surface area contributed by atoms with Gasteiger partial charge in [0.15, 0.2) is 5.82 Å². The summed E-state index contributed by atoms with van der Waals surface area (Å²) in [6, 6.07) is 16.9. The summed E-state index contributed by atoms with van der Waals surface area (Å²) < 4.78 is 57.6. The molecule has 1 saturated carbocycles. The highest BCUT2D eigenvalue weighted by atomic mass is 35.5. The number of aromatic hydroxyl groups is 1. The van der Waals surface area contributed by atoms with Crippen LogP contribution in [-0.4, -0.2) is 79.3 Å². The highest BCUT2D eigenvalue weighted by molar-refractivity contribution is 6.33. The standard InChI is InChI=1S/C44H38Cl2F3N5O8/c1-60-27-18-33(55)36(34(19-27)61-2)37-28-11-12-29-35(41(58)53(39(29)56)26-9-7-25(8-10-26)52-13-15-62-16-14-52)30(28)20-31-40(57)54(42(59)43(31,37)22-3-5-24(45)6-4-22)51-38-32(46)17-23(21-50-38)44(47,48)49/h3-11,17-19,21,29-31,35,37,55H,12-16,20H2,1-2H3,(H,50,51)/t29-,30+,31-,35-,37+,43+/m0/s1. The number of rotatable bonds is 8. The van der Waals surface area contributed by atoms with Crippen LogP contribution < -0.4 is 24.7 Å². The molecule has 13 nitrogen and oxygen atoms in total. The number of benzene rings is 3. The van der Waals surface area contributed by atoms with Crippen molar-refractivity contribution in [2.75, 3.05) is 55.7 Å². The van der Waals surface area contributed by atoms with E-state index in [0.29, 0.717) is 65.4 Å². The number of phenols is 1. The molecule has 2 aliphatic carbocycles. The van der Waals surface area contributed by atoms with Gasteiger partial charge in [0.05, 0.1) is 66.9 Å². The van der Waals surface area contributed by atoms with Crippen molar-refractivity contribution >= 4 is 64.0 Å². The first-order chi connectivity index (χ1) is 29.7. The number of nitrogens with zero attached hydrogens (tertiary/aromatic N) is 4. The molecule has 4 amide bonds. The minimum Gasteiger partial charge on any atom is -0.507 e. The first kappa shape index (κ1) is 41.5. The number of imide groups is 2. The maximum Gasteiger partial charge on any atom is 0.417 e. The first-order valence-electron chi connectivity index (χ1n) is 19.8. The zero-order valence-electron chi connectivity index (χ0n) is 33.1. The zero-order valence-corrected chi connectivity index (χ0v) is 34.6. The van der Waals surface area contributed by atoms with Gasteiger partial charge in [-0.2, -0.15) is 18.2 Å². The molecule has 322 valence electrons. The molecule has 5 aliphatic rings. The van der Waals surface area contributed by atoms with Gasteiger partial charge in [0.2, 0.25) is 11.8 Å². The number of amides is 4. The predicted octanol–water partition coefficient (Wildman–Crippen LogP) is 7.16. The molecule has 0 bridgehead atoms. The molecule has 0 spiro atoms. The SMILES string of the molecule is COc1cc(O)c([C@H]2C3=CC[C@@H]4C(=O)N(c5ccc(N6CCOCC6)cc5)C(=O)[C@@H]4[C@@H]3C[C@H]3C(=O)N(Nc4ncc(C(F)(F)F)cc4Cl)C(=O)[C@@]23c2ccc(Cl)cc2)c(OC)c1. The highest BCUT2D eigenvalue weighted by Gasteiger charge is 2.71. The molecular weight excluding hydrogens is 854 g/mol. The Labute approximate surface area is 362 Å². The van der Waals surface area contributed by atoms with E-state index in [1.54, 1.807) is 36.4 Å². The fourth-order valence-corrected chi connectivity index (χ4v) is 10.5. The molecule has 62 heavy (non-hydrogen) atoms. The number of halogens is 5. The third-order valence-corrected chi connectivity index (χ3v) is 13.4. The summed E-state index contributed by atoms with van der Waals surface area (Å²) in [5, 5.41) is 12.5. The number of pyridine rings is 1. The van der Waals surface area contributed by atoms with E-state index in [9.17, 15) is 27.9 Å². The molecule has 3 aliphatic heterocycles. The minimum atomic E-state index is -4.78. The van der Waals surface area contributed by atoms with Gasteiger partial charge in [0.1, 0.15) is 17.2 Å². The van der Waals surface area contributed by atoms with Gasteiger partial charge in [-0.15, -0.1) is 0 Å². The number of fused-ring (bicyclic) bond motifs is 4. The van der Waals surface area contributed by atoms with Crippen LogP contribution >= 0.6 is 23.2 Å². The number of carbonyl (C=O) groups excluding carboxylic acids is 4. The number of anilines is 3. The second-order valence-corrected chi connectivity index (χ2v) is 16.7. The molecule has 9 rings (SSSR count). The summed E-state index contributed by atoms with van der Waals surface area (Å²) in [4.78, 5) is 67.0. The van der Waals surface area contributed by atoms with E-state index in [4.69, 9.17) is 37.4 Å². The minimum absolute atomic E-state index is 0.0930. The van der Waals surface area contributed by atoms with Crippen LogP contribution in [0.15, 0.2) is 84.6 Å². The number of ether oxygens (including phenoxy) is 3. The molecule has 2 N–H and O–H groups in total. The molecule has 3 aromatic carbocycles. The van der Waals surface area contributed by atoms with E-state index in [-0.39, 0.29) is 35.7 Å². The van der Waals surface area contributed by atoms with Crippen LogP contribution in [0.2, 0.25) is 10.0 Å². The smallest absolute Gasteiger partial charge is 0.417 e. The van der Waals surface area contributed by atoms with Crippen molar-refractivity contribution in [1.29, 1.82) is 0 Å². The topological polar surface area (TPSA) is 151 Å². The number of carbonyl (C=O) groups is 4. The average molecular weight is 893 g/mol. The second-order valence-electron chi connectivity index (χ2n) is 15.8. The second kappa shape index (κ2) is 15.5. The van der Waals surface area contributed by atoms with E-state index in [0.717, 1.165) is 5.69 Å². The fourth-order valence-electron chi connectivity index (χ4n) is 10.1. The van der Waals surface area contributed by atoms with Gasteiger partial charge < -0.3 is 24.2 Å². The molecular formula is C44H38Cl2F3N5O8. The fraction of sp³-hybridized carbons (Fsp3) is 0.341. The zero-order chi connectivity index (χ0) is 43.8. The van der Waals surface area contributed by atoms with Crippen LogP contribution in [-0.2, 0) is 35.5 Å². The van der Waals surface area contributed by atoms with Crippen molar-refractivity contribution in [3.8, 4) is 17.2 Å². The van der Waals surface area contributed by atoms with E-state index in [1.807, 2.05) is 18.2 Å². The lowest BCUT2D eigenvalue weighted by Gasteiger charge is -2.50. The van der Waals surface area contributed by atoms with Crippen LogP contribution in [0.3, 0.4) is 0 Å². The molecule has 6 atom stereocenters. The Hall–Kier alpha value is -5.84. The van der Waals surface area contributed by atoms with E-state index < -0.39 is 81.2 Å².